The Morgan fingerprint density at radius 2 is 2.05 bits per heavy atom. The van der Waals surface area contributed by atoms with Gasteiger partial charge in [-0.1, -0.05) is 12.2 Å². The molecule has 1 heterocycles. The Bertz CT molecular complexity index is 431. The number of carbonyl (C=O) groups is 2. The van der Waals surface area contributed by atoms with Crippen LogP contribution in [0.25, 0.3) is 0 Å². The molecule has 104 valence electrons. The van der Waals surface area contributed by atoms with E-state index in [0.717, 1.165) is 31.3 Å². The average Bonchev–Trinajstić information content (AvgIpc) is 2.42. The van der Waals surface area contributed by atoms with Gasteiger partial charge in [-0.3, -0.25) is 0 Å². The van der Waals surface area contributed by atoms with Gasteiger partial charge in [0.05, 0.1) is 7.11 Å². The van der Waals surface area contributed by atoms with Gasteiger partial charge in [0.2, 0.25) is 0 Å². The summed E-state index contributed by atoms with van der Waals surface area (Å²) in [5.41, 5.74) is 1.09. The number of ether oxygens (including phenoxy) is 1. The second-order valence-electron chi connectivity index (χ2n) is 5.21. The molecule has 0 radical (unpaired) electrons. The van der Waals surface area contributed by atoms with Crippen LogP contribution in [0.1, 0.15) is 25.7 Å². The fourth-order valence-electron chi connectivity index (χ4n) is 2.73. The lowest BCUT2D eigenvalue weighted by molar-refractivity contribution is -0.134. The Hall–Kier alpha value is -1.78. The molecular formula is C14H19NO4. The topological polar surface area (TPSA) is 66.8 Å². The lowest BCUT2D eigenvalue weighted by atomic mass is 9.71. The maximum Gasteiger partial charge on any atom is 0.407 e. The van der Waals surface area contributed by atoms with Crippen LogP contribution < -0.4 is 0 Å². The molecule has 0 atom stereocenters. The van der Waals surface area contributed by atoms with Gasteiger partial charge in [-0.15, -0.1) is 0 Å². The monoisotopic (exact) mass is 265 g/mol. The summed E-state index contributed by atoms with van der Waals surface area (Å²) >= 11 is 0. The minimum Gasteiger partial charge on any atom is -0.466 e. The molecule has 0 bridgehead atoms. The van der Waals surface area contributed by atoms with Crippen molar-refractivity contribution >= 4 is 12.1 Å². The van der Waals surface area contributed by atoms with Crippen LogP contribution >= 0.6 is 0 Å². The predicted octanol–water partition coefficient (Wildman–Crippen LogP) is 2.20. The molecule has 5 heteroatoms. The summed E-state index contributed by atoms with van der Waals surface area (Å²) in [7, 11) is 1.37. The van der Waals surface area contributed by atoms with E-state index in [-0.39, 0.29) is 11.4 Å². The van der Waals surface area contributed by atoms with Crippen molar-refractivity contribution < 1.29 is 19.4 Å². The smallest absolute Gasteiger partial charge is 0.407 e. The van der Waals surface area contributed by atoms with Crippen molar-refractivity contribution in [2.24, 2.45) is 5.41 Å². The molecule has 0 aromatic rings. The first-order chi connectivity index (χ1) is 9.04. The second-order valence-corrected chi connectivity index (χ2v) is 5.21. The van der Waals surface area contributed by atoms with Crippen LogP contribution in [0.15, 0.2) is 23.8 Å². The van der Waals surface area contributed by atoms with E-state index in [9.17, 15) is 9.59 Å². The summed E-state index contributed by atoms with van der Waals surface area (Å²) in [5.74, 6) is -0.323. The highest BCUT2D eigenvalue weighted by atomic mass is 16.5. The summed E-state index contributed by atoms with van der Waals surface area (Å²) in [5, 5.41) is 8.94. The number of allylic oxidation sites excluding steroid dienone is 3. The van der Waals surface area contributed by atoms with E-state index in [0.29, 0.717) is 13.1 Å². The minimum absolute atomic E-state index is 0.111. The molecule has 2 rings (SSSR count). The highest BCUT2D eigenvalue weighted by Crippen LogP contribution is 2.41. The molecule has 1 amide bonds. The Kier molecular flexibility index (Phi) is 3.93. The van der Waals surface area contributed by atoms with Gasteiger partial charge in [-0.2, -0.15) is 0 Å². The number of hydrogen-bond donors (Lipinski definition) is 1. The van der Waals surface area contributed by atoms with Crippen LogP contribution in [0.4, 0.5) is 4.79 Å². The van der Waals surface area contributed by atoms with E-state index < -0.39 is 6.09 Å². The van der Waals surface area contributed by atoms with Gasteiger partial charge < -0.3 is 14.7 Å². The number of hydrogen-bond acceptors (Lipinski definition) is 3. The Balaban J connectivity index is 1.99. The first kappa shape index (κ1) is 13.6. The number of nitrogens with zero attached hydrogens (tertiary/aromatic N) is 1. The minimum atomic E-state index is -0.832. The highest BCUT2D eigenvalue weighted by molar-refractivity contribution is 5.83. The summed E-state index contributed by atoms with van der Waals surface area (Å²) in [6.45, 7) is 1.19. The Labute approximate surface area is 112 Å². The Morgan fingerprint density at radius 1 is 1.37 bits per heavy atom. The van der Waals surface area contributed by atoms with Crippen molar-refractivity contribution in [2.45, 2.75) is 25.7 Å². The van der Waals surface area contributed by atoms with Crippen LogP contribution in [-0.2, 0) is 9.53 Å². The van der Waals surface area contributed by atoms with Gasteiger partial charge in [0.15, 0.2) is 0 Å². The third kappa shape index (κ3) is 3.16. The SMILES string of the molecule is COC(=O)C=C1C=CC2(CC1)CCN(C(=O)O)CC2. The lowest BCUT2D eigenvalue weighted by Gasteiger charge is -2.40. The molecule has 1 aliphatic carbocycles. The number of piperidine rings is 1. The van der Waals surface area contributed by atoms with Gasteiger partial charge in [-0.25, -0.2) is 9.59 Å². The number of methoxy groups -OCH3 is 1. The van der Waals surface area contributed by atoms with Crippen LogP contribution in [0.5, 0.6) is 0 Å². The third-order valence-corrected chi connectivity index (χ3v) is 4.10. The van der Waals surface area contributed by atoms with Crippen molar-refractivity contribution in [2.75, 3.05) is 20.2 Å². The maximum absolute atomic E-state index is 11.2. The van der Waals surface area contributed by atoms with E-state index in [1.807, 2.05) is 6.08 Å². The molecule has 1 spiro atoms. The van der Waals surface area contributed by atoms with E-state index in [1.54, 1.807) is 0 Å². The van der Waals surface area contributed by atoms with Gasteiger partial charge >= 0.3 is 12.1 Å². The normalized spacial score (nSPS) is 23.6. The largest absolute Gasteiger partial charge is 0.466 e. The van der Waals surface area contributed by atoms with Gasteiger partial charge in [0, 0.05) is 19.2 Å². The standard InChI is InChI=1S/C14H19NO4/c1-19-12(16)10-11-2-4-14(5-3-11)6-8-15(9-7-14)13(17)18/h2,4,10H,3,5-9H2,1H3,(H,17,18). The van der Waals surface area contributed by atoms with Crippen molar-refractivity contribution in [3.63, 3.8) is 0 Å². The van der Waals surface area contributed by atoms with Crippen molar-refractivity contribution in [3.8, 4) is 0 Å². The number of likely N-dealkylation sites (tertiary alicyclic amines) is 1. The van der Waals surface area contributed by atoms with Crippen molar-refractivity contribution in [3.05, 3.63) is 23.8 Å². The van der Waals surface area contributed by atoms with Crippen molar-refractivity contribution in [1.29, 1.82) is 0 Å². The zero-order valence-corrected chi connectivity index (χ0v) is 11.1. The van der Waals surface area contributed by atoms with E-state index in [2.05, 4.69) is 10.8 Å². The summed E-state index contributed by atoms with van der Waals surface area (Å²) in [4.78, 5) is 23.5. The molecule has 2 aliphatic rings. The molecule has 0 saturated carbocycles. The molecular weight excluding hydrogens is 246 g/mol. The second kappa shape index (κ2) is 5.47. The highest BCUT2D eigenvalue weighted by Gasteiger charge is 2.35. The van der Waals surface area contributed by atoms with Crippen LogP contribution in [0.2, 0.25) is 0 Å². The average molecular weight is 265 g/mol. The first-order valence-corrected chi connectivity index (χ1v) is 6.50. The summed E-state index contributed by atoms with van der Waals surface area (Å²) in [6, 6.07) is 0. The molecule has 19 heavy (non-hydrogen) atoms. The first-order valence-electron chi connectivity index (χ1n) is 6.50. The summed E-state index contributed by atoms with van der Waals surface area (Å²) < 4.78 is 4.61. The quantitative estimate of drug-likeness (QED) is 0.583. The molecule has 0 aromatic carbocycles. The molecule has 1 N–H and O–H groups in total. The lowest BCUT2D eigenvalue weighted by Crippen LogP contribution is -2.42. The van der Waals surface area contributed by atoms with Crippen LogP contribution in [-0.4, -0.2) is 42.3 Å². The molecule has 1 aliphatic heterocycles. The molecule has 1 fully saturated rings. The van der Waals surface area contributed by atoms with Gasteiger partial charge in [-0.05, 0) is 36.7 Å². The fraction of sp³-hybridized carbons (Fsp3) is 0.571. The third-order valence-electron chi connectivity index (χ3n) is 4.10. The molecule has 0 unspecified atom stereocenters. The predicted molar refractivity (Wildman–Crippen MR) is 69.7 cm³/mol. The zero-order valence-electron chi connectivity index (χ0n) is 11.1. The number of carbonyl (C=O) groups excluding carboxylic acids is 1. The van der Waals surface area contributed by atoms with Gasteiger partial charge in [0.1, 0.15) is 0 Å². The summed E-state index contributed by atoms with van der Waals surface area (Å²) in [6.07, 6.45) is 8.36. The molecule has 0 aromatic heterocycles. The maximum atomic E-state index is 11.2. The number of amides is 1. The fourth-order valence-corrected chi connectivity index (χ4v) is 2.73. The van der Waals surface area contributed by atoms with Gasteiger partial charge in [0.25, 0.3) is 0 Å². The molecule has 1 saturated heterocycles. The van der Waals surface area contributed by atoms with Crippen LogP contribution in [0.3, 0.4) is 0 Å². The molecule has 5 nitrogen and oxygen atoms in total. The number of rotatable bonds is 1. The van der Waals surface area contributed by atoms with E-state index in [1.165, 1.54) is 18.1 Å². The van der Waals surface area contributed by atoms with Crippen molar-refractivity contribution in [1.82, 2.24) is 4.90 Å². The van der Waals surface area contributed by atoms with E-state index >= 15 is 0 Å². The van der Waals surface area contributed by atoms with E-state index in [4.69, 9.17) is 5.11 Å². The van der Waals surface area contributed by atoms with Crippen LogP contribution in [0, 0.1) is 5.41 Å². The number of carboxylic acid groups (broad SMARTS) is 1. The Morgan fingerprint density at radius 3 is 2.53 bits per heavy atom. The number of esters is 1. The zero-order chi connectivity index (χ0) is 13.9.